The molecule has 2 N–H and O–H groups in total. The summed E-state index contributed by atoms with van der Waals surface area (Å²) in [5.74, 6) is -3.76. The first kappa shape index (κ1) is 37.3. The number of aliphatic carboxylic acids is 2. The summed E-state index contributed by atoms with van der Waals surface area (Å²) in [5, 5.41) is 14.2. The number of aromatic nitrogens is 1. The van der Waals surface area contributed by atoms with E-state index in [1.54, 1.807) is 6.20 Å². The van der Waals surface area contributed by atoms with Crippen LogP contribution in [0.1, 0.15) is 44.4 Å². The third kappa shape index (κ3) is 12.9. The summed E-state index contributed by atoms with van der Waals surface area (Å²) in [5.41, 5.74) is 2.50. The van der Waals surface area contributed by atoms with Crippen LogP contribution in [0, 0.1) is 11.3 Å². The highest BCUT2D eigenvalue weighted by molar-refractivity contribution is 5.78. The van der Waals surface area contributed by atoms with Gasteiger partial charge in [-0.1, -0.05) is 38.1 Å². The van der Waals surface area contributed by atoms with Crippen LogP contribution >= 0.6 is 0 Å². The Labute approximate surface area is 256 Å². The van der Waals surface area contributed by atoms with Gasteiger partial charge in [0, 0.05) is 43.6 Å². The molecule has 4 rings (SSSR count). The number of hydrogen-bond acceptors (Lipinski definition) is 6. The number of piperidine rings is 1. The minimum atomic E-state index is -5.08. The molecule has 0 radical (unpaired) electrons. The summed E-state index contributed by atoms with van der Waals surface area (Å²) >= 11 is 0. The predicted octanol–water partition coefficient (Wildman–Crippen LogP) is 5.44. The lowest BCUT2D eigenvalue weighted by Crippen LogP contribution is -2.44. The van der Waals surface area contributed by atoms with Crippen LogP contribution < -0.4 is 4.74 Å². The number of hydrogen-bond donors (Lipinski definition) is 2. The maximum absolute atomic E-state index is 12.7. The van der Waals surface area contributed by atoms with Crippen molar-refractivity contribution < 1.29 is 55.7 Å². The molecule has 45 heavy (non-hydrogen) atoms. The zero-order valence-electron chi connectivity index (χ0n) is 24.9. The van der Waals surface area contributed by atoms with Gasteiger partial charge >= 0.3 is 24.3 Å². The van der Waals surface area contributed by atoms with Crippen molar-refractivity contribution >= 4 is 17.8 Å². The molecule has 0 bridgehead atoms. The van der Waals surface area contributed by atoms with Crippen molar-refractivity contribution in [3.05, 3.63) is 59.9 Å². The van der Waals surface area contributed by atoms with Crippen molar-refractivity contribution in [2.45, 2.75) is 58.4 Å². The lowest BCUT2D eigenvalue weighted by atomic mass is 9.77. The van der Waals surface area contributed by atoms with Crippen LogP contribution in [-0.2, 0) is 27.3 Å². The van der Waals surface area contributed by atoms with Gasteiger partial charge in [-0.05, 0) is 55.3 Å². The number of likely N-dealkylation sites (tertiary alicyclic amines) is 2. The number of amides is 1. The van der Waals surface area contributed by atoms with Gasteiger partial charge in [-0.25, -0.2) is 9.59 Å². The van der Waals surface area contributed by atoms with Crippen LogP contribution in [0.2, 0.25) is 0 Å². The van der Waals surface area contributed by atoms with E-state index in [1.807, 2.05) is 23.1 Å². The van der Waals surface area contributed by atoms with Crippen molar-refractivity contribution in [3.8, 4) is 5.75 Å². The molecule has 2 fully saturated rings. The van der Waals surface area contributed by atoms with Crippen LogP contribution in [0.5, 0.6) is 5.75 Å². The topological polar surface area (TPSA) is 120 Å². The van der Waals surface area contributed by atoms with Crippen molar-refractivity contribution in [1.29, 1.82) is 0 Å². The van der Waals surface area contributed by atoms with Crippen LogP contribution in [-0.4, -0.2) is 88.0 Å². The Morgan fingerprint density at radius 3 is 1.93 bits per heavy atom. The van der Waals surface area contributed by atoms with Crippen molar-refractivity contribution in [2.24, 2.45) is 11.3 Å². The number of alkyl halides is 6. The smallest absolute Gasteiger partial charge is 0.490 e. The van der Waals surface area contributed by atoms with Gasteiger partial charge in [0.1, 0.15) is 5.75 Å². The van der Waals surface area contributed by atoms with Gasteiger partial charge in [-0.15, -0.1) is 0 Å². The lowest BCUT2D eigenvalue weighted by molar-refractivity contribution is -0.193. The highest BCUT2D eigenvalue weighted by atomic mass is 19.4. The van der Waals surface area contributed by atoms with Gasteiger partial charge in [0.25, 0.3) is 0 Å². The molecule has 2 aliphatic rings. The fourth-order valence-electron chi connectivity index (χ4n) is 4.84. The Balaban J connectivity index is 0.000000421. The largest absolute Gasteiger partial charge is 0.493 e. The lowest BCUT2D eigenvalue weighted by Gasteiger charge is -2.39. The number of carbonyl (C=O) groups is 3. The van der Waals surface area contributed by atoms with E-state index in [1.165, 1.54) is 12.0 Å². The highest BCUT2D eigenvalue weighted by Crippen LogP contribution is 2.41. The van der Waals surface area contributed by atoms with Crippen LogP contribution in [0.25, 0.3) is 0 Å². The normalized spacial score (nSPS) is 16.3. The minimum Gasteiger partial charge on any atom is -0.493 e. The zero-order valence-corrected chi connectivity index (χ0v) is 24.9. The summed E-state index contributed by atoms with van der Waals surface area (Å²) in [6.45, 7) is 10.0. The van der Waals surface area contributed by atoms with E-state index in [0.29, 0.717) is 17.8 Å². The average Bonchev–Trinajstić information content (AvgIpc) is 3.34. The Hall–Kier alpha value is -3.88. The predicted molar refractivity (Wildman–Crippen MR) is 150 cm³/mol. The fraction of sp³-hybridized carbons (Fsp3) is 0.533. The standard InChI is InChI=1S/C26H35N3O2.2C2HF3O2/c1-21(2)19-31-24-9-4-3-7-22(24)18-28-14-10-26(20-28)11-15-29(16-12-26)25(30)17-23-8-5-6-13-27-23;2*3-2(4,5)1(6)7/h3-9,13,21H,10-12,14-20H2,1-2H3;2*(H,6,7). The zero-order chi connectivity index (χ0) is 33.8. The molecule has 2 aliphatic heterocycles. The molecule has 1 aromatic carbocycles. The van der Waals surface area contributed by atoms with E-state index in [9.17, 15) is 31.1 Å². The Morgan fingerprint density at radius 2 is 1.42 bits per heavy atom. The van der Waals surface area contributed by atoms with E-state index in [4.69, 9.17) is 24.5 Å². The molecule has 3 heterocycles. The van der Waals surface area contributed by atoms with Crippen molar-refractivity contribution in [2.75, 3.05) is 32.8 Å². The molecule has 1 aromatic heterocycles. The van der Waals surface area contributed by atoms with Crippen LogP contribution in [0.3, 0.4) is 0 Å². The maximum atomic E-state index is 12.7. The monoisotopic (exact) mass is 649 g/mol. The van der Waals surface area contributed by atoms with E-state index in [-0.39, 0.29) is 5.91 Å². The summed E-state index contributed by atoms with van der Waals surface area (Å²) in [7, 11) is 0. The number of carboxylic acids is 2. The number of rotatable bonds is 7. The van der Waals surface area contributed by atoms with Gasteiger partial charge < -0.3 is 19.8 Å². The third-order valence-electron chi connectivity index (χ3n) is 7.18. The molecule has 1 amide bonds. The van der Waals surface area contributed by atoms with Crippen molar-refractivity contribution in [1.82, 2.24) is 14.8 Å². The minimum absolute atomic E-state index is 0.208. The second-order valence-electron chi connectivity index (χ2n) is 11.3. The average molecular weight is 650 g/mol. The summed E-state index contributed by atoms with van der Waals surface area (Å²) in [6, 6.07) is 14.2. The number of carbonyl (C=O) groups excluding carboxylic acids is 1. The molecule has 15 heteroatoms. The first-order chi connectivity index (χ1) is 20.9. The Morgan fingerprint density at radius 1 is 0.889 bits per heavy atom. The molecule has 0 saturated carbocycles. The number of nitrogens with zero attached hydrogens (tertiary/aromatic N) is 3. The molecule has 2 aromatic rings. The first-order valence-electron chi connectivity index (χ1n) is 14.1. The second-order valence-corrected chi connectivity index (χ2v) is 11.3. The number of pyridine rings is 1. The SMILES string of the molecule is CC(C)COc1ccccc1CN1CCC2(CCN(C(=O)Cc3ccccn3)CC2)C1.O=C(O)C(F)(F)F.O=C(O)C(F)(F)F. The van der Waals surface area contributed by atoms with Gasteiger partial charge in [-0.3, -0.25) is 14.7 Å². The molecule has 2 saturated heterocycles. The molecular weight excluding hydrogens is 612 g/mol. The summed E-state index contributed by atoms with van der Waals surface area (Å²) < 4.78 is 69.5. The van der Waals surface area contributed by atoms with Gasteiger partial charge in [0.05, 0.1) is 13.0 Å². The Kier molecular flexibility index (Phi) is 13.6. The van der Waals surface area contributed by atoms with Crippen LogP contribution in [0.4, 0.5) is 26.3 Å². The number of halogens is 6. The second kappa shape index (κ2) is 16.4. The quantitative estimate of drug-likeness (QED) is 0.381. The number of para-hydroxylation sites is 1. The first-order valence-corrected chi connectivity index (χ1v) is 14.1. The number of carboxylic acid groups (broad SMARTS) is 2. The van der Waals surface area contributed by atoms with E-state index >= 15 is 0 Å². The van der Waals surface area contributed by atoms with E-state index in [2.05, 4.69) is 48.0 Å². The van der Waals surface area contributed by atoms with E-state index < -0.39 is 24.3 Å². The summed E-state index contributed by atoms with van der Waals surface area (Å²) in [4.78, 5) is 39.4. The molecular formula is C30H37F6N3O6. The van der Waals surface area contributed by atoms with Gasteiger partial charge in [-0.2, -0.15) is 26.3 Å². The molecule has 1 spiro atoms. The molecule has 0 unspecified atom stereocenters. The fourth-order valence-corrected chi connectivity index (χ4v) is 4.84. The van der Waals surface area contributed by atoms with Crippen LogP contribution in [0.15, 0.2) is 48.7 Å². The Bertz CT molecular complexity index is 1220. The third-order valence-corrected chi connectivity index (χ3v) is 7.18. The van der Waals surface area contributed by atoms with E-state index in [0.717, 1.165) is 63.6 Å². The van der Waals surface area contributed by atoms with Crippen molar-refractivity contribution in [3.63, 3.8) is 0 Å². The van der Waals surface area contributed by atoms with Gasteiger partial charge in [0.15, 0.2) is 0 Å². The van der Waals surface area contributed by atoms with Gasteiger partial charge in [0.2, 0.25) is 5.91 Å². The maximum Gasteiger partial charge on any atom is 0.490 e. The number of benzene rings is 1. The number of ether oxygens (including phenoxy) is 1. The molecule has 0 atom stereocenters. The molecule has 9 nitrogen and oxygen atoms in total. The molecule has 250 valence electrons. The summed E-state index contributed by atoms with van der Waals surface area (Å²) in [6.07, 6.45) is -4.57. The highest BCUT2D eigenvalue weighted by Gasteiger charge is 2.41. The molecule has 0 aliphatic carbocycles.